The van der Waals surface area contributed by atoms with Gasteiger partial charge >= 0.3 is 0 Å². The van der Waals surface area contributed by atoms with E-state index in [1.807, 2.05) is 0 Å². The van der Waals surface area contributed by atoms with Crippen LogP contribution >= 0.6 is 43.2 Å². The fraction of sp³-hybridized carbons (Fsp3) is 0.444. The molecule has 1 rings (SSSR count). The van der Waals surface area contributed by atoms with Crippen LogP contribution in [-0.2, 0) is 9.84 Å². The van der Waals surface area contributed by atoms with Gasteiger partial charge in [0.2, 0.25) is 0 Å². The summed E-state index contributed by atoms with van der Waals surface area (Å²) < 4.78 is 23.7. The molecule has 0 aliphatic rings. The summed E-state index contributed by atoms with van der Waals surface area (Å²) >= 11 is 7.92. The first-order chi connectivity index (χ1) is 7.70. The largest absolute Gasteiger partial charge is 0.340 e. The van der Waals surface area contributed by atoms with Crippen LogP contribution in [0.15, 0.2) is 14.3 Å². The van der Waals surface area contributed by atoms with Gasteiger partial charge < -0.3 is 4.90 Å². The molecule has 1 amide bonds. The predicted octanol–water partition coefficient (Wildman–Crippen LogP) is 2.39. The second kappa shape index (κ2) is 5.81. The lowest BCUT2D eigenvalue weighted by Gasteiger charge is -2.15. The lowest BCUT2D eigenvalue weighted by Crippen LogP contribution is -2.30. The number of nitrogens with zero attached hydrogens (tertiary/aromatic N) is 1. The molecule has 17 heavy (non-hydrogen) atoms. The number of sulfone groups is 1. The molecule has 4 nitrogen and oxygen atoms in total. The van der Waals surface area contributed by atoms with Crippen LogP contribution in [0.3, 0.4) is 0 Å². The summed E-state index contributed by atoms with van der Waals surface area (Å²) in [5.41, 5.74) is 0. The van der Waals surface area contributed by atoms with Gasteiger partial charge in [-0.25, -0.2) is 8.42 Å². The summed E-state index contributed by atoms with van der Waals surface area (Å²) in [7, 11) is -1.45. The minimum Gasteiger partial charge on any atom is -0.340 e. The zero-order valence-corrected chi connectivity index (χ0v) is 14.0. The first-order valence-corrected chi connectivity index (χ1v) is 9.05. The van der Waals surface area contributed by atoms with Gasteiger partial charge in [-0.15, -0.1) is 11.3 Å². The number of hydrogen-bond acceptors (Lipinski definition) is 4. The molecule has 0 aromatic carbocycles. The van der Waals surface area contributed by atoms with E-state index in [4.69, 9.17) is 0 Å². The number of carbonyl (C=O) groups is 1. The molecule has 0 spiro atoms. The van der Waals surface area contributed by atoms with Crippen molar-refractivity contribution in [3.63, 3.8) is 0 Å². The highest BCUT2D eigenvalue weighted by Gasteiger charge is 2.17. The molecule has 96 valence electrons. The second-order valence-corrected chi connectivity index (χ2v) is 9.07. The molecule has 0 saturated carbocycles. The zero-order chi connectivity index (χ0) is 13.2. The van der Waals surface area contributed by atoms with E-state index in [1.54, 1.807) is 13.1 Å². The Labute approximate surface area is 121 Å². The van der Waals surface area contributed by atoms with Crippen LogP contribution in [0.1, 0.15) is 9.67 Å². The van der Waals surface area contributed by atoms with Crippen molar-refractivity contribution in [3.8, 4) is 0 Å². The summed E-state index contributed by atoms with van der Waals surface area (Å²) in [6.07, 6.45) is 1.16. The quantitative estimate of drug-likeness (QED) is 0.774. The van der Waals surface area contributed by atoms with E-state index >= 15 is 0 Å². The van der Waals surface area contributed by atoms with Gasteiger partial charge in [-0.05, 0) is 37.9 Å². The van der Waals surface area contributed by atoms with Crippen LogP contribution in [0.25, 0.3) is 0 Å². The third-order valence-electron chi connectivity index (χ3n) is 2.00. The molecule has 0 fully saturated rings. The summed E-state index contributed by atoms with van der Waals surface area (Å²) in [4.78, 5) is 13.9. The standard InChI is InChI=1S/C9H11Br2NO3S2/c1-12(3-4-17(2,14)15)9(13)7-5-6(10)8(11)16-7/h5H,3-4H2,1-2H3. The molecule has 1 aromatic rings. The number of rotatable bonds is 4. The van der Waals surface area contributed by atoms with Gasteiger partial charge in [-0.1, -0.05) is 0 Å². The first kappa shape index (κ1) is 15.1. The molecular formula is C9H11Br2NO3S2. The Balaban J connectivity index is 2.70. The van der Waals surface area contributed by atoms with Gasteiger partial charge in [0.25, 0.3) is 5.91 Å². The fourth-order valence-corrected chi connectivity index (χ4v) is 3.68. The summed E-state index contributed by atoms with van der Waals surface area (Å²) in [6.45, 7) is 0.199. The van der Waals surface area contributed by atoms with Crippen molar-refractivity contribution < 1.29 is 13.2 Å². The lowest BCUT2D eigenvalue weighted by atomic mass is 10.4. The highest BCUT2D eigenvalue weighted by atomic mass is 79.9. The number of amides is 1. The Morgan fingerprint density at radius 1 is 1.47 bits per heavy atom. The molecule has 1 aromatic heterocycles. The molecule has 0 atom stereocenters. The molecule has 0 bridgehead atoms. The first-order valence-electron chi connectivity index (χ1n) is 4.58. The maximum Gasteiger partial charge on any atom is 0.263 e. The topological polar surface area (TPSA) is 54.5 Å². The molecule has 0 radical (unpaired) electrons. The van der Waals surface area contributed by atoms with E-state index in [1.165, 1.54) is 16.2 Å². The van der Waals surface area contributed by atoms with Crippen molar-refractivity contribution in [2.75, 3.05) is 25.6 Å². The zero-order valence-electron chi connectivity index (χ0n) is 9.24. The van der Waals surface area contributed by atoms with E-state index < -0.39 is 9.84 Å². The van der Waals surface area contributed by atoms with Crippen LogP contribution in [-0.4, -0.2) is 44.8 Å². The number of hydrogen-bond donors (Lipinski definition) is 0. The van der Waals surface area contributed by atoms with Crippen molar-refractivity contribution in [2.45, 2.75) is 0 Å². The summed E-state index contributed by atoms with van der Waals surface area (Å²) in [5, 5.41) is 0. The summed E-state index contributed by atoms with van der Waals surface area (Å²) in [5.74, 6) is -0.201. The van der Waals surface area contributed by atoms with Gasteiger partial charge in [0.05, 0.1) is 14.4 Å². The molecule has 0 aliphatic carbocycles. The van der Waals surface area contributed by atoms with Crippen LogP contribution < -0.4 is 0 Å². The third kappa shape index (κ3) is 4.69. The van der Waals surface area contributed by atoms with Gasteiger partial charge in [0, 0.05) is 24.3 Å². The Morgan fingerprint density at radius 2 is 2.06 bits per heavy atom. The molecule has 0 unspecified atom stereocenters. The number of carbonyl (C=O) groups excluding carboxylic acids is 1. The van der Waals surface area contributed by atoms with Gasteiger partial charge in [-0.2, -0.15) is 0 Å². The van der Waals surface area contributed by atoms with Gasteiger partial charge in [-0.3, -0.25) is 4.79 Å². The molecule has 8 heteroatoms. The summed E-state index contributed by atoms with van der Waals surface area (Å²) in [6, 6.07) is 1.72. The van der Waals surface area contributed by atoms with Crippen molar-refractivity contribution in [1.82, 2.24) is 4.90 Å². The predicted molar refractivity (Wildman–Crippen MR) is 76.4 cm³/mol. The normalized spacial score (nSPS) is 11.5. The average Bonchev–Trinajstić information content (AvgIpc) is 2.53. The van der Waals surface area contributed by atoms with Crippen molar-refractivity contribution in [1.29, 1.82) is 0 Å². The van der Waals surface area contributed by atoms with E-state index in [9.17, 15) is 13.2 Å². The average molecular weight is 405 g/mol. The van der Waals surface area contributed by atoms with Gasteiger partial charge in [0.15, 0.2) is 0 Å². The highest BCUT2D eigenvalue weighted by Crippen LogP contribution is 2.32. The minimum absolute atomic E-state index is 0.0248. The van der Waals surface area contributed by atoms with Crippen molar-refractivity contribution in [3.05, 3.63) is 19.2 Å². The SMILES string of the molecule is CN(CCS(C)(=O)=O)C(=O)c1cc(Br)c(Br)s1. The van der Waals surface area contributed by atoms with E-state index in [2.05, 4.69) is 31.9 Å². The highest BCUT2D eigenvalue weighted by molar-refractivity contribution is 9.13. The second-order valence-electron chi connectivity index (χ2n) is 3.59. The minimum atomic E-state index is -3.05. The number of thiophene rings is 1. The Hall–Kier alpha value is 0.0800. The van der Waals surface area contributed by atoms with Crippen LogP contribution in [0.2, 0.25) is 0 Å². The molecule has 0 N–H and O–H groups in total. The van der Waals surface area contributed by atoms with Gasteiger partial charge in [0.1, 0.15) is 9.84 Å². The maximum absolute atomic E-state index is 11.9. The van der Waals surface area contributed by atoms with Crippen LogP contribution in [0, 0.1) is 0 Å². The smallest absolute Gasteiger partial charge is 0.263 e. The maximum atomic E-state index is 11.9. The van der Waals surface area contributed by atoms with Crippen molar-refractivity contribution in [2.24, 2.45) is 0 Å². The van der Waals surface area contributed by atoms with Crippen LogP contribution in [0.5, 0.6) is 0 Å². The lowest BCUT2D eigenvalue weighted by molar-refractivity contribution is 0.0808. The molecular weight excluding hydrogens is 394 g/mol. The molecule has 0 saturated heterocycles. The van der Waals surface area contributed by atoms with Crippen LogP contribution in [0.4, 0.5) is 0 Å². The Bertz CT molecular complexity index is 505. The fourth-order valence-electron chi connectivity index (χ4n) is 1.04. The molecule has 0 aliphatic heterocycles. The Morgan fingerprint density at radius 3 is 2.47 bits per heavy atom. The molecule has 1 heterocycles. The monoisotopic (exact) mass is 403 g/mol. The van der Waals surface area contributed by atoms with E-state index in [0.717, 1.165) is 14.5 Å². The van der Waals surface area contributed by atoms with E-state index in [-0.39, 0.29) is 18.2 Å². The third-order valence-corrected chi connectivity index (χ3v) is 6.17. The van der Waals surface area contributed by atoms with E-state index in [0.29, 0.717) is 4.88 Å². The Kier molecular flexibility index (Phi) is 5.18. The number of halogens is 2. The van der Waals surface area contributed by atoms with Crippen molar-refractivity contribution >= 4 is 58.9 Å².